The number of carbonyl (C=O) groups is 1. The van der Waals surface area contributed by atoms with Crippen LogP contribution in [0.5, 0.6) is 0 Å². The van der Waals surface area contributed by atoms with Gasteiger partial charge >= 0.3 is 0 Å². The number of aromatic nitrogens is 3. The first-order valence-electron chi connectivity index (χ1n) is 6.38. The standard InChI is InChI=1S/C13H15N5OS/c14-11(19)10(8-4-2-1-3-5-8)20-13-17-16-12(18(13)15)9-6-7-9/h1-5,9-10H,6-7,15H2,(H2,14,19). The Balaban J connectivity index is 1.85. The quantitative estimate of drug-likeness (QED) is 0.636. The van der Waals surface area contributed by atoms with Crippen LogP contribution in [0.2, 0.25) is 0 Å². The molecule has 0 bridgehead atoms. The van der Waals surface area contributed by atoms with Gasteiger partial charge in [-0.25, -0.2) is 4.68 Å². The Bertz CT molecular complexity index is 623. The molecule has 2 aromatic rings. The minimum Gasteiger partial charge on any atom is -0.368 e. The topological polar surface area (TPSA) is 99.8 Å². The van der Waals surface area contributed by atoms with Crippen molar-refractivity contribution in [3.8, 4) is 0 Å². The molecule has 1 aromatic heterocycles. The highest BCUT2D eigenvalue weighted by molar-refractivity contribution is 8.00. The van der Waals surface area contributed by atoms with E-state index in [2.05, 4.69) is 10.2 Å². The summed E-state index contributed by atoms with van der Waals surface area (Å²) in [6.45, 7) is 0. The second-order valence-electron chi connectivity index (χ2n) is 4.80. The van der Waals surface area contributed by atoms with E-state index in [9.17, 15) is 4.79 Å². The maximum absolute atomic E-state index is 11.7. The molecule has 1 atom stereocenters. The number of benzene rings is 1. The van der Waals surface area contributed by atoms with Crippen molar-refractivity contribution >= 4 is 17.7 Å². The van der Waals surface area contributed by atoms with E-state index in [4.69, 9.17) is 11.6 Å². The predicted molar refractivity (Wildman–Crippen MR) is 76.4 cm³/mol. The van der Waals surface area contributed by atoms with Gasteiger partial charge in [0.15, 0.2) is 5.82 Å². The molecule has 0 spiro atoms. The van der Waals surface area contributed by atoms with E-state index in [0.717, 1.165) is 24.2 Å². The number of hydrogen-bond acceptors (Lipinski definition) is 5. The molecule has 1 fully saturated rings. The van der Waals surface area contributed by atoms with Crippen molar-refractivity contribution in [3.05, 3.63) is 41.7 Å². The lowest BCUT2D eigenvalue weighted by atomic mass is 10.1. The van der Waals surface area contributed by atoms with E-state index in [1.54, 1.807) is 0 Å². The van der Waals surface area contributed by atoms with Crippen molar-refractivity contribution in [2.75, 3.05) is 5.84 Å². The van der Waals surface area contributed by atoms with Crippen molar-refractivity contribution in [2.24, 2.45) is 5.73 Å². The molecule has 1 unspecified atom stereocenters. The Kier molecular flexibility index (Phi) is 3.35. The molecule has 0 saturated heterocycles. The summed E-state index contributed by atoms with van der Waals surface area (Å²) in [5.74, 6) is 6.76. The summed E-state index contributed by atoms with van der Waals surface area (Å²) in [4.78, 5) is 11.7. The third kappa shape index (κ3) is 2.49. The molecular formula is C13H15N5OS. The number of nitrogens with zero attached hydrogens (tertiary/aromatic N) is 3. The van der Waals surface area contributed by atoms with E-state index < -0.39 is 11.2 Å². The summed E-state index contributed by atoms with van der Waals surface area (Å²) in [7, 11) is 0. The van der Waals surface area contributed by atoms with Crippen LogP contribution in [0.1, 0.15) is 35.4 Å². The molecule has 20 heavy (non-hydrogen) atoms. The molecule has 104 valence electrons. The summed E-state index contributed by atoms with van der Waals surface area (Å²) in [5.41, 5.74) is 6.32. The van der Waals surface area contributed by atoms with Crippen LogP contribution in [-0.4, -0.2) is 20.8 Å². The van der Waals surface area contributed by atoms with Gasteiger partial charge in [0.25, 0.3) is 0 Å². The van der Waals surface area contributed by atoms with Gasteiger partial charge in [-0.3, -0.25) is 4.79 Å². The van der Waals surface area contributed by atoms with Crippen LogP contribution in [0.15, 0.2) is 35.5 Å². The lowest BCUT2D eigenvalue weighted by Crippen LogP contribution is -2.20. The van der Waals surface area contributed by atoms with E-state index in [1.807, 2.05) is 30.3 Å². The lowest BCUT2D eigenvalue weighted by molar-refractivity contribution is -0.117. The normalized spacial score (nSPS) is 16.0. The van der Waals surface area contributed by atoms with Gasteiger partial charge in [-0.05, 0) is 18.4 Å². The van der Waals surface area contributed by atoms with Crippen molar-refractivity contribution in [2.45, 2.75) is 29.2 Å². The molecule has 1 amide bonds. The molecule has 6 nitrogen and oxygen atoms in total. The summed E-state index contributed by atoms with van der Waals surface area (Å²) >= 11 is 1.23. The van der Waals surface area contributed by atoms with Gasteiger partial charge in [0.05, 0.1) is 0 Å². The number of nitrogen functional groups attached to an aromatic ring is 1. The molecule has 0 aliphatic heterocycles. The first kappa shape index (κ1) is 13.0. The molecule has 1 aromatic carbocycles. The highest BCUT2D eigenvalue weighted by Gasteiger charge is 2.31. The number of hydrogen-bond donors (Lipinski definition) is 2. The fourth-order valence-electron chi connectivity index (χ4n) is 2.01. The SMILES string of the molecule is NC(=O)C(Sc1nnc(C2CC2)n1N)c1ccccc1. The second-order valence-corrected chi connectivity index (χ2v) is 5.87. The molecular weight excluding hydrogens is 274 g/mol. The number of rotatable bonds is 5. The third-order valence-electron chi connectivity index (χ3n) is 3.22. The summed E-state index contributed by atoms with van der Waals surface area (Å²) in [6, 6.07) is 9.36. The molecule has 1 aliphatic rings. The fourth-order valence-corrected chi connectivity index (χ4v) is 2.93. The van der Waals surface area contributed by atoms with Crippen LogP contribution >= 0.6 is 11.8 Å². The summed E-state index contributed by atoms with van der Waals surface area (Å²) < 4.78 is 1.47. The van der Waals surface area contributed by atoms with Gasteiger partial charge in [-0.1, -0.05) is 42.1 Å². The molecule has 4 N–H and O–H groups in total. The van der Waals surface area contributed by atoms with Crippen LogP contribution in [0.4, 0.5) is 0 Å². The second kappa shape index (κ2) is 5.16. The zero-order valence-corrected chi connectivity index (χ0v) is 11.6. The highest BCUT2D eigenvalue weighted by atomic mass is 32.2. The highest BCUT2D eigenvalue weighted by Crippen LogP contribution is 2.40. The van der Waals surface area contributed by atoms with Gasteiger partial charge < -0.3 is 11.6 Å². The zero-order chi connectivity index (χ0) is 14.1. The van der Waals surface area contributed by atoms with Crippen LogP contribution in [0.25, 0.3) is 0 Å². The maximum atomic E-state index is 11.7. The minimum atomic E-state index is -0.519. The fraction of sp³-hybridized carbons (Fsp3) is 0.308. The van der Waals surface area contributed by atoms with Crippen LogP contribution in [0, 0.1) is 0 Å². The average molecular weight is 289 g/mol. The van der Waals surface area contributed by atoms with Crippen LogP contribution in [0.3, 0.4) is 0 Å². The maximum Gasteiger partial charge on any atom is 0.235 e. The van der Waals surface area contributed by atoms with Gasteiger partial charge in [-0.15, -0.1) is 10.2 Å². The summed E-state index contributed by atoms with van der Waals surface area (Å²) in [5, 5.41) is 8.16. The van der Waals surface area contributed by atoms with Gasteiger partial charge in [0.1, 0.15) is 5.25 Å². The zero-order valence-electron chi connectivity index (χ0n) is 10.8. The number of carbonyl (C=O) groups excluding carboxylic acids is 1. The minimum absolute atomic E-state index is 0.408. The molecule has 0 radical (unpaired) electrons. The molecule has 3 rings (SSSR count). The predicted octanol–water partition coefficient (Wildman–Crippen LogP) is 1.19. The largest absolute Gasteiger partial charge is 0.368 e. The first-order chi connectivity index (χ1) is 9.66. The molecule has 1 saturated carbocycles. The smallest absolute Gasteiger partial charge is 0.235 e. The number of thioether (sulfide) groups is 1. The van der Waals surface area contributed by atoms with E-state index in [-0.39, 0.29) is 0 Å². The Labute approximate surface area is 120 Å². The van der Waals surface area contributed by atoms with Gasteiger partial charge in [0, 0.05) is 5.92 Å². The average Bonchev–Trinajstić information content (AvgIpc) is 3.22. The molecule has 1 aliphatic carbocycles. The van der Waals surface area contributed by atoms with Crippen molar-refractivity contribution < 1.29 is 4.79 Å². The Morgan fingerprint density at radius 3 is 2.60 bits per heavy atom. The van der Waals surface area contributed by atoms with Crippen LogP contribution < -0.4 is 11.6 Å². The monoisotopic (exact) mass is 289 g/mol. The summed E-state index contributed by atoms with van der Waals surface area (Å²) in [6.07, 6.45) is 2.19. The number of primary amides is 1. The molecule has 1 heterocycles. The Morgan fingerprint density at radius 2 is 2.00 bits per heavy atom. The van der Waals surface area contributed by atoms with Gasteiger partial charge in [-0.2, -0.15) is 0 Å². The van der Waals surface area contributed by atoms with E-state index in [0.29, 0.717) is 11.1 Å². The van der Waals surface area contributed by atoms with Crippen molar-refractivity contribution in [3.63, 3.8) is 0 Å². The number of nitrogens with two attached hydrogens (primary N) is 2. The van der Waals surface area contributed by atoms with Gasteiger partial charge in [0.2, 0.25) is 11.1 Å². The Hall–Kier alpha value is -2.02. The molecule has 7 heteroatoms. The van der Waals surface area contributed by atoms with E-state index >= 15 is 0 Å². The first-order valence-corrected chi connectivity index (χ1v) is 7.26. The lowest BCUT2D eigenvalue weighted by Gasteiger charge is -2.12. The number of amides is 1. The Morgan fingerprint density at radius 1 is 1.30 bits per heavy atom. The van der Waals surface area contributed by atoms with Crippen molar-refractivity contribution in [1.82, 2.24) is 14.9 Å². The van der Waals surface area contributed by atoms with Crippen molar-refractivity contribution in [1.29, 1.82) is 0 Å². The third-order valence-corrected chi connectivity index (χ3v) is 4.45. The van der Waals surface area contributed by atoms with E-state index in [1.165, 1.54) is 16.4 Å². The van der Waals surface area contributed by atoms with Crippen LogP contribution in [-0.2, 0) is 4.79 Å².